The van der Waals surface area contributed by atoms with E-state index in [0.717, 1.165) is 97.6 Å². The zero-order chi connectivity index (χ0) is 54.7. The highest BCUT2D eigenvalue weighted by Gasteiger charge is 2.59. The van der Waals surface area contributed by atoms with Crippen LogP contribution in [0.15, 0.2) is 49.6 Å². The van der Waals surface area contributed by atoms with Crippen molar-refractivity contribution in [3.05, 3.63) is 49.6 Å². The molecule has 6 heterocycles. The third-order valence-corrected chi connectivity index (χ3v) is 33.8. The lowest BCUT2D eigenvalue weighted by Crippen LogP contribution is -2.58. The number of fused-ring (bicyclic) bond motifs is 5. The number of hydrogen-bond donors (Lipinski definition) is 2. The third-order valence-electron chi connectivity index (χ3n) is 19.8. The van der Waals surface area contributed by atoms with Crippen molar-refractivity contribution < 1.29 is 56.6 Å². The SMILES string of the molecule is C=CCC(O)CC1[C@@H](OC)C(CC(CO[Si](CC)(CC)CC)O[Si](CC)(CC)CC)O[C@H]1CC1OC(CC[C@@H]2OC(CC[C@]34CC(O)C(O3)[C@H]3CC(O4)C(O[Si](CC)(CC)CC)C(CC=C)O3)CC2=C)CC(C)C1=C. The average Bonchev–Trinajstić information content (AvgIpc) is 4.03. The normalized spacial score (nSPS) is 36.2. The molecular formula is C60H108O12Si3. The molecule has 6 saturated heterocycles. The maximum Gasteiger partial charge on any atom is 0.192 e. The van der Waals surface area contributed by atoms with E-state index in [2.05, 4.69) is 95.6 Å². The molecule has 0 aliphatic carbocycles. The van der Waals surface area contributed by atoms with E-state index in [1.165, 1.54) is 0 Å². The molecule has 6 aliphatic heterocycles. The number of rotatable bonds is 33. The van der Waals surface area contributed by atoms with Crippen LogP contribution in [0, 0.1) is 11.8 Å². The molecule has 2 N–H and O–H groups in total. The molecule has 6 aliphatic rings. The summed E-state index contributed by atoms with van der Waals surface area (Å²) in [4.78, 5) is 0. The molecule has 6 fully saturated rings. The molecule has 15 heteroatoms. The van der Waals surface area contributed by atoms with Crippen LogP contribution in [0.1, 0.15) is 153 Å². The van der Waals surface area contributed by atoms with Crippen molar-refractivity contribution in [2.75, 3.05) is 13.7 Å². The summed E-state index contributed by atoms with van der Waals surface area (Å²) in [5.74, 6) is -0.711. The van der Waals surface area contributed by atoms with E-state index in [-0.39, 0.29) is 85.1 Å². The molecule has 0 radical (unpaired) electrons. The highest BCUT2D eigenvalue weighted by atomic mass is 28.4. The van der Waals surface area contributed by atoms with Gasteiger partial charge in [0.05, 0.1) is 92.1 Å². The smallest absolute Gasteiger partial charge is 0.192 e. The van der Waals surface area contributed by atoms with Crippen LogP contribution in [0.3, 0.4) is 0 Å². The lowest BCUT2D eigenvalue weighted by atomic mass is 9.81. The Bertz CT molecular complexity index is 1770. The van der Waals surface area contributed by atoms with Gasteiger partial charge < -0.3 is 56.6 Å². The minimum atomic E-state index is -2.00. The summed E-state index contributed by atoms with van der Waals surface area (Å²) in [6.07, 6.45) is 8.94. The fraction of sp³-hybridized carbons (Fsp3) is 0.867. The number of aliphatic hydroxyl groups is 2. The van der Waals surface area contributed by atoms with Gasteiger partial charge in [-0.05, 0) is 123 Å². The molecule has 0 saturated carbocycles. The summed E-state index contributed by atoms with van der Waals surface area (Å²) in [6.45, 7) is 40.5. The van der Waals surface area contributed by atoms with Crippen LogP contribution in [0.4, 0.5) is 0 Å². The molecule has 0 amide bonds. The fourth-order valence-electron chi connectivity index (χ4n) is 14.2. The van der Waals surface area contributed by atoms with Crippen molar-refractivity contribution >= 4 is 25.0 Å². The van der Waals surface area contributed by atoms with Crippen molar-refractivity contribution in [1.82, 2.24) is 0 Å². The monoisotopic (exact) mass is 1100 g/mol. The molecule has 432 valence electrons. The van der Waals surface area contributed by atoms with Gasteiger partial charge in [-0.15, -0.1) is 13.2 Å². The molecule has 18 atom stereocenters. The van der Waals surface area contributed by atoms with E-state index in [9.17, 15) is 10.2 Å². The lowest BCUT2D eigenvalue weighted by Gasteiger charge is -2.47. The topological polar surface area (TPSA) is 133 Å². The van der Waals surface area contributed by atoms with E-state index >= 15 is 0 Å². The number of aliphatic hydroxyl groups excluding tert-OH is 2. The van der Waals surface area contributed by atoms with Gasteiger partial charge in [-0.25, -0.2) is 0 Å². The van der Waals surface area contributed by atoms with Crippen LogP contribution in [-0.2, 0) is 46.4 Å². The molecule has 13 unspecified atom stereocenters. The fourth-order valence-corrected chi connectivity index (χ4v) is 22.6. The average molecular weight is 1110 g/mol. The second-order valence-corrected chi connectivity index (χ2v) is 38.1. The van der Waals surface area contributed by atoms with Crippen LogP contribution in [0.2, 0.25) is 54.4 Å². The number of ether oxygens (including phenoxy) is 7. The van der Waals surface area contributed by atoms with Crippen molar-refractivity contribution in [1.29, 1.82) is 0 Å². The minimum Gasteiger partial charge on any atom is -0.414 e. The zero-order valence-electron chi connectivity index (χ0n) is 49.0. The Morgan fingerprint density at radius 3 is 1.97 bits per heavy atom. The Labute approximate surface area is 459 Å². The second kappa shape index (κ2) is 28.7. The summed E-state index contributed by atoms with van der Waals surface area (Å²) in [7, 11) is -4.08. The van der Waals surface area contributed by atoms with E-state index < -0.39 is 49.1 Å². The first-order chi connectivity index (χ1) is 35.9. The van der Waals surface area contributed by atoms with Crippen LogP contribution >= 0.6 is 0 Å². The molecule has 0 aromatic carbocycles. The third kappa shape index (κ3) is 15.2. The minimum absolute atomic E-state index is 0.0240. The number of methoxy groups -OCH3 is 1. The van der Waals surface area contributed by atoms with Crippen LogP contribution < -0.4 is 0 Å². The molecule has 75 heavy (non-hydrogen) atoms. The van der Waals surface area contributed by atoms with Gasteiger partial charge in [-0.3, -0.25) is 0 Å². The predicted octanol–water partition coefficient (Wildman–Crippen LogP) is 12.9. The predicted molar refractivity (Wildman–Crippen MR) is 309 cm³/mol. The van der Waals surface area contributed by atoms with Gasteiger partial charge in [-0.1, -0.05) is 94.5 Å². The second-order valence-electron chi connectivity index (χ2n) is 23.9. The van der Waals surface area contributed by atoms with Crippen LogP contribution in [-0.4, -0.2) is 146 Å². The summed E-state index contributed by atoms with van der Waals surface area (Å²) < 4.78 is 69.6. The van der Waals surface area contributed by atoms with Crippen molar-refractivity contribution in [3.63, 3.8) is 0 Å². The van der Waals surface area contributed by atoms with Crippen molar-refractivity contribution in [2.24, 2.45) is 11.8 Å². The first-order valence-electron chi connectivity index (χ1n) is 30.4. The maximum absolute atomic E-state index is 11.4. The molecule has 0 aromatic rings. The summed E-state index contributed by atoms with van der Waals surface area (Å²) in [5, 5.41) is 22.7. The van der Waals surface area contributed by atoms with Gasteiger partial charge in [0.25, 0.3) is 0 Å². The Morgan fingerprint density at radius 1 is 0.707 bits per heavy atom. The first-order valence-corrected chi connectivity index (χ1v) is 38.0. The summed E-state index contributed by atoms with van der Waals surface area (Å²) in [5.41, 5.74) is 2.22. The molecule has 0 aromatic heterocycles. The van der Waals surface area contributed by atoms with E-state index in [1.807, 2.05) is 6.08 Å². The Hall–Kier alpha value is -0.869. The standard InChI is InChI=1S/C60H108O12Si3/c1-16-27-44(61)35-48-53(68-54(57(48)63-15)36-47(71-74(21-6,22-7)23-8)40-64-73(18-3,19-4)20-5)37-52-43(14)41(12)33-45(66-52)29-30-50-42(13)34-46(65-50)31-32-60-39-49(62)58(70-60)55-38-56(69-60)59(51(67-55)28-17-2)72-75(24-9,25-10)26-11/h16-17,41,44-59,61-62H,1-2,13-14,18-40H2,3-12,15H3/t41?,44?,45?,46?,47?,48?,49?,50-,51?,52?,53-,54?,55+,56?,57+,58?,59?,60+/m0/s1. The van der Waals surface area contributed by atoms with E-state index in [1.54, 1.807) is 13.2 Å². The Kier molecular flexibility index (Phi) is 24.2. The highest BCUT2D eigenvalue weighted by Crippen LogP contribution is 2.49. The highest BCUT2D eigenvalue weighted by molar-refractivity contribution is 6.74. The molecule has 4 bridgehead atoms. The van der Waals surface area contributed by atoms with E-state index in [4.69, 9.17) is 46.4 Å². The number of hydrogen-bond acceptors (Lipinski definition) is 12. The van der Waals surface area contributed by atoms with Gasteiger partial charge in [-0.2, -0.15) is 0 Å². The molecule has 6 rings (SSSR count). The van der Waals surface area contributed by atoms with Gasteiger partial charge in [0, 0.05) is 45.1 Å². The van der Waals surface area contributed by atoms with Gasteiger partial charge in [0.1, 0.15) is 6.10 Å². The van der Waals surface area contributed by atoms with Crippen LogP contribution in [0.25, 0.3) is 0 Å². The summed E-state index contributed by atoms with van der Waals surface area (Å²) in [6, 6.07) is 9.61. The first kappa shape index (κ1) is 63.3. The Balaban J connectivity index is 1.10. The van der Waals surface area contributed by atoms with Gasteiger partial charge in [0.2, 0.25) is 0 Å². The molecule has 12 nitrogen and oxygen atoms in total. The van der Waals surface area contributed by atoms with E-state index in [0.29, 0.717) is 58.0 Å². The van der Waals surface area contributed by atoms with Gasteiger partial charge >= 0.3 is 0 Å². The molecule has 0 spiro atoms. The van der Waals surface area contributed by atoms with Crippen molar-refractivity contribution in [2.45, 2.75) is 304 Å². The van der Waals surface area contributed by atoms with Crippen LogP contribution in [0.5, 0.6) is 0 Å². The zero-order valence-corrected chi connectivity index (χ0v) is 52.0. The maximum atomic E-state index is 11.4. The molecular weight excluding hydrogens is 997 g/mol. The summed E-state index contributed by atoms with van der Waals surface area (Å²) >= 11 is 0. The largest absolute Gasteiger partial charge is 0.414 e. The van der Waals surface area contributed by atoms with Crippen molar-refractivity contribution in [3.8, 4) is 0 Å². The van der Waals surface area contributed by atoms with Gasteiger partial charge in [0.15, 0.2) is 30.7 Å². The lowest BCUT2D eigenvalue weighted by molar-refractivity contribution is -0.256. The Morgan fingerprint density at radius 2 is 1.36 bits per heavy atom. The quantitative estimate of drug-likeness (QED) is 0.0479.